The molecule has 0 saturated carbocycles. The largest absolute Gasteiger partial charge is 1.00 e. The average Bonchev–Trinajstić information content (AvgIpc) is 1.87. The summed E-state index contributed by atoms with van der Waals surface area (Å²) in [6.07, 6.45) is 0. The molecule has 3 nitrogen and oxygen atoms in total. The summed E-state index contributed by atoms with van der Waals surface area (Å²) >= 11 is 4.40. The Kier molecular flexibility index (Phi) is 9.78. The Bertz CT molecular complexity index is 129. The Morgan fingerprint density at radius 3 is 1.91 bits per heavy atom. The van der Waals surface area contributed by atoms with Crippen molar-refractivity contribution in [1.29, 1.82) is 0 Å². The molecule has 60 valence electrons. The topological polar surface area (TPSA) is 41.5 Å². The van der Waals surface area contributed by atoms with Crippen LogP contribution < -0.4 is 56.5 Å². The molecule has 0 aromatic carbocycles. The van der Waals surface area contributed by atoms with E-state index in [-0.39, 0.29) is 62.5 Å². The van der Waals surface area contributed by atoms with Crippen LogP contribution in [0.3, 0.4) is 0 Å². The number of hydrogen-bond acceptors (Lipinski definition) is 4. The maximum absolute atomic E-state index is 10.5. The smallest absolute Gasteiger partial charge is 0.868 e. The molecule has 0 rings (SSSR count). The maximum Gasteiger partial charge on any atom is 1.00 e. The van der Waals surface area contributed by atoms with Gasteiger partial charge in [-0.05, 0) is 6.55 Å². The van der Waals surface area contributed by atoms with Gasteiger partial charge in [0.05, 0.1) is 0 Å². The third-order valence-electron chi connectivity index (χ3n) is 1.33. The molecule has 0 spiro atoms. The van der Waals surface area contributed by atoms with Crippen molar-refractivity contribution in [2.75, 3.05) is 14.2 Å². The van der Waals surface area contributed by atoms with Crippen molar-refractivity contribution in [2.24, 2.45) is 0 Å². The molecule has 0 N–H and O–H groups in total. The molecule has 0 unspecified atom stereocenters. The van der Waals surface area contributed by atoms with Gasteiger partial charge in [-0.2, -0.15) is 0 Å². The van der Waals surface area contributed by atoms with Crippen LogP contribution in [-0.2, 0) is 8.85 Å². The molecule has 0 bridgehead atoms. The van der Waals surface area contributed by atoms with Crippen LogP contribution >= 0.6 is 12.2 Å². The average molecular weight is 218 g/mol. The van der Waals surface area contributed by atoms with E-state index in [2.05, 4.69) is 12.2 Å². The molecule has 0 aliphatic rings. The Morgan fingerprint density at radius 2 is 1.82 bits per heavy atom. The van der Waals surface area contributed by atoms with E-state index in [9.17, 15) is 5.11 Å². The van der Waals surface area contributed by atoms with Crippen molar-refractivity contribution in [1.82, 2.24) is 0 Å². The summed E-state index contributed by atoms with van der Waals surface area (Å²) in [5.74, 6) is 0. The van der Waals surface area contributed by atoms with E-state index in [4.69, 9.17) is 8.85 Å². The van der Waals surface area contributed by atoms with Gasteiger partial charge < -0.3 is 14.0 Å². The summed E-state index contributed by atoms with van der Waals surface area (Å²) in [5.41, 5.74) is 0. The van der Waals surface area contributed by atoms with Gasteiger partial charge in [0.25, 0.3) is 0 Å². The second-order valence-electron chi connectivity index (χ2n) is 2.09. The second kappa shape index (κ2) is 7.10. The minimum Gasteiger partial charge on any atom is -0.868 e. The molecule has 0 aromatic heterocycles. The van der Waals surface area contributed by atoms with Gasteiger partial charge in [-0.25, -0.2) is 0 Å². The van der Waals surface area contributed by atoms with Gasteiger partial charge >= 0.3 is 59.9 Å². The molecule has 0 amide bonds. The molecule has 0 radical (unpaired) electrons. The van der Waals surface area contributed by atoms with Gasteiger partial charge in [-0.1, -0.05) is 5.05 Å². The van der Waals surface area contributed by atoms with Crippen LogP contribution in [0.1, 0.15) is 0 Å². The molecule has 0 heterocycles. The Hall–Kier alpha value is 1.66. The van der Waals surface area contributed by atoms with Crippen molar-refractivity contribution in [3.63, 3.8) is 0 Å². The number of rotatable bonds is 4. The van der Waals surface area contributed by atoms with Crippen molar-refractivity contribution in [3.05, 3.63) is 0 Å². The van der Waals surface area contributed by atoms with Crippen molar-refractivity contribution in [2.45, 2.75) is 12.6 Å². The minimum absolute atomic E-state index is 0. The van der Waals surface area contributed by atoms with Crippen LogP contribution in [0.2, 0.25) is 12.6 Å². The monoisotopic (exact) mass is 218 g/mol. The van der Waals surface area contributed by atoms with Crippen molar-refractivity contribution < 1.29 is 65.3 Å². The van der Waals surface area contributed by atoms with E-state index in [1.807, 2.05) is 0 Å². The zero-order valence-corrected chi connectivity index (χ0v) is 12.3. The van der Waals surface area contributed by atoms with Crippen LogP contribution in [0, 0.1) is 0 Å². The summed E-state index contributed by atoms with van der Waals surface area (Å²) in [6, 6.07) is 0.245. The Balaban J connectivity index is 0. The molecule has 0 fully saturated rings. The molecule has 0 saturated heterocycles. The fourth-order valence-corrected chi connectivity index (χ4v) is 2.26. The second-order valence-corrected chi connectivity index (χ2v) is 5.98. The van der Waals surface area contributed by atoms with Gasteiger partial charge in [-0.3, -0.25) is 0 Å². The molecular formula is C5H11KO3SSi. The first-order valence-corrected chi connectivity index (χ1v) is 5.77. The predicted octanol–water partition coefficient (Wildman–Crippen LogP) is -2.96. The molecule has 0 aromatic rings. The third kappa shape index (κ3) is 6.79. The normalized spacial score (nSPS) is 10.5. The number of hydrogen-bond donors (Lipinski definition) is 0. The van der Waals surface area contributed by atoms with Crippen LogP contribution in [0.15, 0.2) is 0 Å². The molecule has 0 aliphatic carbocycles. The van der Waals surface area contributed by atoms with Gasteiger partial charge in [0.2, 0.25) is 0 Å². The van der Waals surface area contributed by atoms with Crippen LogP contribution in [0.4, 0.5) is 0 Å². The summed E-state index contributed by atoms with van der Waals surface area (Å²) in [4.78, 5) is 0. The van der Waals surface area contributed by atoms with Gasteiger partial charge in [-0.15, -0.1) is 12.2 Å². The van der Waals surface area contributed by atoms with E-state index in [1.165, 1.54) is 14.2 Å². The first kappa shape index (κ1) is 15.1. The van der Waals surface area contributed by atoms with E-state index < -0.39 is 8.56 Å². The first-order chi connectivity index (χ1) is 4.54. The van der Waals surface area contributed by atoms with Gasteiger partial charge in [0.15, 0.2) is 0 Å². The van der Waals surface area contributed by atoms with Gasteiger partial charge in [0, 0.05) is 20.3 Å². The van der Waals surface area contributed by atoms with Crippen molar-refractivity contribution in [3.8, 4) is 0 Å². The fraction of sp³-hybridized carbons (Fsp3) is 0.800. The zero-order chi connectivity index (χ0) is 8.20. The Morgan fingerprint density at radius 1 is 1.45 bits per heavy atom. The van der Waals surface area contributed by atoms with Crippen LogP contribution in [0.5, 0.6) is 0 Å². The van der Waals surface area contributed by atoms with E-state index in [0.29, 0.717) is 0 Å². The summed E-state index contributed by atoms with van der Waals surface area (Å²) in [5, 5.41) is 10.2. The van der Waals surface area contributed by atoms with Crippen LogP contribution in [-0.4, -0.2) is 27.8 Å². The first-order valence-electron chi connectivity index (χ1n) is 2.84. The van der Waals surface area contributed by atoms with E-state index in [1.54, 1.807) is 6.55 Å². The maximum atomic E-state index is 10.5. The standard InChI is InChI=1S/C5H12O3SSi.K/c1-7-10(3,8-2)4-5(6)9;/h4H2,1-3H3,(H,6,9);/q;+1/p-1. The SMILES string of the molecule is CO[Si](C)(CC([O-])=S)OC.[K+]. The quantitative estimate of drug-likeness (QED) is 0.374. The van der Waals surface area contributed by atoms with Crippen LogP contribution in [0.25, 0.3) is 0 Å². The molecule has 0 atom stereocenters. The van der Waals surface area contributed by atoms with E-state index in [0.717, 1.165) is 0 Å². The minimum atomic E-state index is -2.21. The number of thiocarbonyl (C=S) groups is 1. The summed E-state index contributed by atoms with van der Waals surface area (Å²) in [7, 11) is 0.857. The molecular weight excluding hydrogens is 207 g/mol. The van der Waals surface area contributed by atoms with E-state index >= 15 is 0 Å². The predicted molar refractivity (Wildman–Crippen MR) is 43.0 cm³/mol. The summed E-state index contributed by atoms with van der Waals surface area (Å²) in [6.45, 7) is 1.80. The summed E-state index contributed by atoms with van der Waals surface area (Å²) < 4.78 is 10.1. The zero-order valence-electron chi connectivity index (χ0n) is 7.34. The third-order valence-corrected chi connectivity index (χ3v) is 4.42. The molecule has 11 heavy (non-hydrogen) atoms. The van der Waals surface area contributed by atoms with Crippen molar-refractivity contribution >= 4 is 25.8 Å². The van der Waals surface area contributed by atoms with Gasteiger partial charge in [0.1, 0.15) is 0 Å². The molecule has 6 heteroatoms. The Labute approximate surface area is 116 Å². The fourth-order valence-electron chi connectivity index (χ4n) is 0.490. The molecule has 0 aliphatic heterocycles.